The Hall–Kier alpha value is -1.32. The van der Waals surface area contributed by atoms with Crippen molar-refractivity contribution in [1.29, 1.82) is 0 Å². The molecule has 0 saturated heterocycles. The highest BCUT2D eigenvalue weighted by Crippen LogP contribution is 2.10. The lowest BCUT2D eigenvalue weighted by Gasteiger charge is -2.03. The molecule has 0 aliphatic carbocycles. The molecule has 0 saturated carbocycles. The molecular weight excluding hydrogens is 184 g/mol. The van der Waals surface area contributed by atoms with Crippen LogP contribution in [0.2, 0.25) is 0 Å². The minimum Gasteiger partial charge on any atom is -0.481 e. The van der Waals surface area contributed by atoms with Crippen molar-refractivity contribution in [2.24, 2.45) is 0 Å². The predicted molar refractivity (Wildman–Crippen MR) is 51.9 cm³/mol. The fraction of sp³-hybridized carbons (Fsp3) is 0.600. The molecule has 0 aliphatic rings. The van der Waals surface area contributed by atoms with Gasteiger partial charge in [0.1, 0.15) is 0 Å². The van der Waals surface area contributed by atoms with Crippen LogP contribution in [0.4, 0.5) is 0 Å². The van der Waals surface area contributed by atoms with Gasteiger partial charge in [-0.1, -0.05) is 12.2 Å². The van der Waals surface area contributed by atoms with Crippen LogP contribution in [-0.4, -0.2) is 23.7 Å². The second kappa shape index (κ2) is 7.12. The molecule has 1 N–H and O–H groups in total. The minimum atomic E-state index is -0.845. The monoisotopic (exact) mass is 200 g/mol. The van der Waals surface area contributed by atoms with E-state index in [1.807, 2.05) is 0 Å². The van der Waals surface area contributed by atoms with E-state index < -0.39 is 5.97 Å². The molecule has 0 aliphatic heterocycles. The number of hydrogen-bond acceptors (Lipinski definition) is 3. The first-order chi connectivity index (χ1) is 6.56. The summed E-state index contributed by atoms with van der Waals surface area (Å²) in [5, 5.41) is 8.39. The highest BCUT2D eigenvalue weighted by Gasteiger charge is 2.04. The van der Waals surface area contributed by atoms with Crippen LogP contribution in [-0.2, 0) is 14.3 Å². The Kier molecular flexibility index (Phi) is 6.45. The van der Waals surface area contributed by atoms with Crippen LogP contribution in [0.1, 0.15) is 32.6 Å². The van der Waals surface area contributed by atoms with Crippen LogP contribution >= 0.6 is 0 Å². The Morgan fingerprint density at radius 1 is 1.21 bits per heavy atom. The van der Waals surface area contributed by atoms with Crippen molar-refractivity contribution >= 4 is 11.9 Å². The molecule has 0 amide bonds. The molecule has 0 unspecified atom stereocenters. The first kappa shape index (κ1) is 12.7. The molecule has 0 aromatic heterocycles. The molecule has 0 spiro atoms. The topological polar surface area (TPSA) is 63.6 Å². The number of allylic oxidation sites excluding steroid dienone is 1. The second-order valence-corrected chi connectivity index (χ2v) is 2.95. The van der Waals surface area contributed by atoms with Crippen LogP contribution in [0.25, 0.3) is 0 Å². The molecule has 80 valence electrons. The highest BCUT2D eigenvalue weighted by atomic mass is 16.5. The van der Waals surface area contributed by atoms with E-state index in [1.54, 1.807) is 6.92 Å². The maximum atomic E-state index is 10.9. The third-order valence-corrected chi connectivity index (χ3v) is 1.68. The quantitative estimate of drug-likeness (QED) is 0.502. The van der Waals surface area contributed by atoms with Gasteiger partial charge in [0, 0.05) is 12.8 Å². The Labute approximate surface area is 83.6 Å². The smallest absolute Gasteiger partial charge is 0.306 e. The van der Waals surface area contributed by atoms with Gasteiger partial charge in [-0.2, -0.15) is 0 Å². The third kappa shape index (κ3) is 7.34. The average Bonchev–Trinajstić information content (AvgIpc) is 2.12. The van der Waals surface area contributed by atoms with Gasteiger partial charge in [0.15, 0.2) is 0 Å². The summed E-state index contributed by atoms with van der Waals surface area (Å²) in [6, 6.07) is 0. The summed E-state index contributed by atoms with van der Waals surface area (Å²) >= 11 is 0. The Morgan fingerprint density at radius 3 is 2.29 bits per heavy atom. The summed E-state index contributed by atoms with van der Waals surface area (Å²) in [6.45, 7) is 5.81. The van der Waals surface area contributed by atoms with Gasteiger partial charge >= 0.3 is 11.9 Å². The van der Waals surface area contributed by atoms with E-state index in [1.165, 1.54) is 0 Å². The number of esters is 1. The molecule has 0 aromatic rings. The second-order valence-electron chi connectivity index (χ2n) is 2.95. The van der Waals surface area contributed by atoms with Crippen LogP contribution in [0.3, 0.4) is 0 Å². The first-order valence-corrected chi connectivity index (χ1v) is 4.60. The predicted octanol–water partition coefficient (Wildman–Crippen LogP) is 1.75. The normalized spacial score (nSPS) is 9.50. The van der Waals surface area contributed by atoms with Crippen LogP contribution < -0.4 is 0 Å². The first-order valence-electron chi connectivity index (χ1n) is 4.60. The number of carboxylic acid groups (broad SMARTS) is 1. The van der Waals surface area contributed by atoms with E-state index in [-0.39, 0.29) is 18.8 Å². The Bertz CT molecular complexity index is 220. The van der Waals surface area contributed by atoms with E-state index in [0.717, 1.165) is 5.57 Å². The summed E-state index contributed by atoms with van der Waals surface area (Å²) in [5.41, 5.74) is 0.778. The number of ether oxygens (including phenoxy) is 1. The van der Waals surface area contributed by atoms with Crippen molar-refractivity contribution in [1.82, 2.24) is 0 Å². The molecule has 0 atom stereocenters. The Balaban J connectivity index is 3.53. The fourth-order valence-electron chi connectivity index (χ4n) is 0.921. The van der Waals surface area contributed by atoms with Crippen LogP contribution in [0.5, 0.6) is 0 Å². The third-order valence-electron chi connectivity index (χ3n) is 1.68. The van der Waals surface area contributed by atoms with Crippen LogP contribution in [0, 0.1) is 0 Å². The molecular formula is C10H16O4. The molecule has 0 aromatic carbocycles. The standard InChI is InChI=1S/C10H16O4/c1-3-14-10(13)7-5-8(2)4-6-9(11)12/h2-7H2,1H3,(H,11,12). The van der Waals surface area contributed by atoms with Crippen molar-refractivity contribution in [3.63, 3.8) is 0 Å². The van der Waals surface area contributed by atoms with Crippen molar-refractivity contribution in [2.75, 3.05) is 6.61 Å². The zero-order valence-corrected chi connectivity index (χ0v) is 8.41. The average molecular weight is 200 g/mol. The summed E-state index contributed by atoms with van der Waals surface area (Å²) in [4.78, 5) is 21.1. The molecule has 0 heterocycles. The number of carbonyl (C=O) groups excluding carboxylic acids is 1. The molecule has 0 radical (unpaired) electrons. The molecule has 4 nitrogen and oxygen atoms in total. The zero-order chi connectivity index (χ0) is 11.0. The highest BCUT2D eigenvalue weighted by molar-refractivity contribution is 5.69. The fourth-order valence-corrected chi connectivity index (χ4v) is 0.921. The van der Waals surface area contributed by atoms with Gasteiger partial charge in [-0.3, -0.25) is 9.59 Å². The van der Waals surface area contributed by atoms with Gasteiger partial charge in [-0.15, -0.1) is 0 Å². The van der Waals surface area contributed by atoms with Gasteiger partial charge < -0.3 is 9.84 Å². The van der Waals surface area contributed by atoms with E-state index in [0.29, 0.717) is 19.4 Å². The van der Waals surface area contributed by atoms with Gasteiger partial charge in [0.25, 0.3) is 0 Å². The molecule has 0 bridgehead atoms. The largest absolute Gasteiger partial charge is 0.481 e. The van der Waals surface area contributed by atoms with E-state index >= 15 is 0 Å². The number of hydrogen-bond donors (Lipinski definition) is 1. The van der Waals surface area contributed by atoms with Crippen LogP contribution in [0.15, 0.2) is 12.2 Å². The van der Waals surface area contributed by atoms with Gasteiger partial charge in [0.05, 0.1) is 6.61 Å². The summed E-state index contributed by atoms with van der Waals surface area (Å²) in [7, 11) is 0. The van der Waals surface area contributed by atoms with Crippen molar-refractivity contribution in [3.8, 4) is 0 Å². The summed E-state index contributed by atoms with van der Waals surface area (Å²) < 4.78 is 4.72. The number of carboxylic acids is 1. The SMILES string of the molecule is C=C(CCC(=O)O)CCC(=O)OCC. The maximum Gasteiger partial charge on any atom is 0.306 e. The molecule has 0 fully saturated rings. The summed E-state index contributed by atoms with van der Waals surface area (Å²) in [5.74, 6) is -1.11. The van der Waals surface area contributed by atoms with Crippen molar-refractivity contribution < 1.29 is 19.4 Å². The number of aliphatic carboxylic acids is 1. The maximum absolute atomic E-state index is 10.9. The molecule has 0 rings (SSSR count). The molecule has 4 heteroatoms. The molecule has 14 heavy (non-hydrogen) atoms. The lowest BCUT2D eigenvalue weighted by Crippen LogP contribution is -2.04. The minimum absolute atomic E-state index is 0.0711. The van der Waals surface area contributed by atoms with Gasteiger partial charge in [-0.25, -0.2) is 0 Å². The van der Waals surface area contributed by atoms with Gasteiger partial charge in [-0.05, 0) is 19.8 Å². The van der Waals surface area contributed by atoms with Crippen molar-refractivity contribution in [2.45, 2.75) is 32.6 Å². The van der Waals surface area contributed by atoms with Crippen molar-refractivity contribution in [3.05, 3.63) is 12.2 Å². The zero-order valence-electron chi connectivity index (χ0n) is 8.41. The lowest BCUT2D eigenvalue weighted by atomic mass is 10.1. The number of rotatable bonds is 7. The van der Waals surface area contributed by atoms with E-state index in [2.05, 4.69) is 6.58 Å². The number of carbonyl (C=O) groups is 2. The summed E-state index contributed by atoms with van der Waals surface area (Å²) in [6.07, 6.45) is 1.29. The lowest BCUT2D eigenvalue weighted by molar-refractivity contribution is -0.143. The van der Waals surface area contributed by atoms with E-state index in [4.69, 9.17) is 9.84 Å². The Morgan fingerprint density at radius 2 is 1.79 bits per heavy atom. The van der Waals surface area contributed by atoms with E-state index in [9.17, 15) is 9.59 Å². The van der Waals surface area contributed by atoms with Gasteiger partial charge in [0.2, 0.25) is 0 Å².